The third-order valence-electron chi connectivity index (χ3n) is 13.9. The number of hydrogen-bond donors (Lipinski definition) is 2. The summed E-state index contributed by atoms with van der Waals surface area (Å²) in [5, 5.41) is 6.99. The molecule has 12 bridgehead atoms. The van der Waals surface area contributed by atoms with Crippen LogP contribution in [0.2, 0.25) is 0 Å². The van der Waals surface area contributed by atoms with Gasteiger partial charge in [0, 0.05) is 36.6 Å². The fourth-order valence-corrected chi connectivity index (χ4v) is 11.5. The second-order valence-electron chi connectivity index (χ2n) is 16.5. The van der Waals surface area contributed by atoms with Gasteiger partial charge in [-0.1, -0.05) is 32.9 Å². The zero-order valence-corrected chi connectivity index (χ0v) is 30.0. The molecule has 0 amide bonds. The molecule has 2 N–H and O–H groups in total. The van der Waals surface area contributed by atoms with Crippen LogP contribution in [0.4, 0.5) is 11.4 Å². The maximum atomic E-state index is 6.71. The third kappa shape index (κ3) is 7.36. The lowest BCUT2D eigenvalue weighted by Gasteiger charge is -2.61. The van der Waals surface area contributed by atoms with Gasteiger partial charge in [0.05, 0.1) is 39.1 Å². The van der Waals surface area contributed by atoms with Crippen molar-refractivity contribution >= 4 is 11.4 Å². The first-order chi connectivity index (χ1) is 23.4. The van der Waals surface area contributed by atoms with Crippen molar-refractivity contribution in [3.05, 3.63) is 48.5 Å². The van der Waals surface area contributed by atoms with E-state index in [-0.39, 0.29) is 0 Å². The highest BCUT2D eigenvalue weighted by molar-refractivity contribution is 5.49. The van der Waals surface area contributed by atoms with E-state index in [0.29, 0.717) is 43.4 Å². The normalized spacial score (nSPS) is 38.1. The minimum atomic E-state index is 0.330. The van der Waals surface area contributed by atoms with Gasteiger partial charge in [0.2, 0.25) is 0 Å². The summed E-state index contributed by atoms with van der Waals surface area (Å²) >= 11 is 0. The molecule has 48 heavy (non-hydrogen) atoms. The van der Waals surface area contributed by atoms with Gasteiger partial charge in [-0.05, 0) is 141 Å². The minimum Gasteiger partial charge on any atom is -0.494 e. The topological polar surface area (TPSA) is 61.0 Å². The van der Waals surface area contributed by atoms with Crippen LogP contribution in [0.5, 0.6) is 11.5 Å². The lowest BCUT2D eigenvalue weighted by Crippen LogP contribution is -2.54. The summed E-state index contributed by atoms with van der Waals surface area (Å²) in [5.41, 5.74) is 3.16. The molecule has 4 aliphatic carbocycles. The van der Waals surface area contributed by atoms with Gasteiger partial charge in [-0.3, -0.25) is 0 Å². The van der Waals surface area contributed by atoms with E-state index in [4.69, 9.17) is 18.9 Å². The fraction of sp³-hybridized carbons (Fsp3) is 0.714. The molecule has 0 aromatic heterocycles. The Hall–Kier alpha value is -2.44. The number of rotatable bonds is 0. The molecule has 6 nitrogen and oxygen atoms in total. The SMILES string of the molecule is C[C@@H]1CCCOc2cccc(c2)NCCOCCOCCNc2cccc(c2)O[C@H]2CC[C@@]3(C)[C@H](CC[C@@H]4[C@@H]3CC[C@]3(C)[C@@H]1CC[C@@H]43)C2. The predicted molar refractivity (Wildman–Crippen MR) is 195 cm³/mol. The summed E-state index contributed by atoms with van der Waals surface area (Å²) in [7, 11) is 0. The molecule has 0 spiro atoms. The zero-order chi connectivity index (χ0) is 33.0. The lowest BCUT2D eigenvalue weighted by atomic mass is 9.44. The van der Waals surface area contributed by atoms with E-state index in [1.54, 1.807) is 0 Å². The van der Waals surface area contributed by atoms with Crippen molar-refractivity contribution in [1.29, 1.82) is 0 Å². The lowest BCUT2D eigenvalue weighted by molar-refractivity contribution is -0.126. The highest BCUT2D eigenvalue weighted by atomic mass is 16.5. The summed E-state index contributed by atoms with van der Waals surface area (Å²) in [6, 6.07) is 16.9. The number of ether oxygens (including phenoxy) is 4. The van der Waals surface area contributed by atoms with Gasteiger partial charge in [0.1, 0.15) is 11.5 Å². The van der Waals surface area contributed by atoms with E-state index in [1.807, 2.05) is 0 Å². The van der Waals surface area contributed by atoms with E-state index < -0.39 is 0 Å². The van der Waals surface area contributed by atoms with Crippen molar-refractivity contribution in [3.63, 3.8) is 0 Å². The van der Waals surface area contributed by atoms with Crippen LogP contribution in [-0.4, -0.2) is 52.2 Å². The van der Waals surface area contributed by atoms with E-state index in [2.05, 4.69) is 79.9 Å². The smallest absolute Gasteiger partial charge is 0.121 e. The summed E-state index contributed by atoms with van der Waals surface area (Å²) in [4.78, 5) is 0. The molecule has 4 fully saturated rings. The van der Waals surface area contributed by atoms with Gasteiger partial charge in [-0.25, -0.2) is 0 Å². The van der Waals surface area contributed by atoms with Crippen LogP contribution in [0.25, 0.3) is 0 Å². The maximum absolute atomic E-state index is 6.71. The molecular weight excluding hydrogens is 596 g/mol. The Balaban J connectivity index is 1.02. The first-order valence-electron chi connectivity index (χ1n) is 19.6. The average Bonchev–Trinajstić information content (AvgIpc) is 3.45. The number of anilines is 2. The summed E-state index contributed by atoms with van der Waals surface area (Å²) in [6.07, 6.45) is 15.0. The first kappa shape index (κ1) is 34.0. The molecule has 6 heteroatoms. The standard InChI is InChI=1S/C42H62N2O4/c1-30-7-6-22-47-34-10-4-8-32(28-34)43-20-23-45-25-26-46-24-21-44-33-9-5-11-35(29-33)48-36-16-18-41(2)31(27-36)12-13-37-39-15-14-38(30)42(39,3)19-17-40(37)41/h4-5,8-11,28-31,36-40,43-44H,6-7,12-27H2,1-3H3/t30-,31-,36+,37+,38-,39+,40+,41+,42-/m1/s1. The summed E-state index contributed by atoms with van der Waals surface area (Å²) in [6.45, 7) is 12.7. The van der Waals surface area contributed by atoms with Crippen LogP contribution in [0, 0.1) is 46.3 Å². The molecule has 4 heterocycles. The molecule has 2 aromatic rings. The molecule has 9 atom stereocenters. The second kappa shape index (κ2) is 15.2. The molecule has 4 aliphatic heterocycles. The maximum Gasteiger partial charge on any atom is 0.121 e. The van der Waals surface area contributed by atoms with Crippen molar-refractivity contribution < 1.29 is 18.9 Å². The minimum absolute atomic E-state index is 0.330. The van der Waals surface area contributed by atoms with Gasteiger partial charge in [-0.2, -0.15) is 0 Å². The third-order valence-corrected chi connectivity index (χ3v) is 13.9. The Morgan fingerprint density at radius 2 is 1.31 bits per heavy atom. The zero-order valence-electron chi connectivity index (χ0n) is 30.0. The molecule has 0 unspecified atom stereocenters. The van der Waals surface area contributed by atoms with Crippen LogP contribution in [0.1, 0.15) is 91.4 Å². The van der Waals surface area contributed by atoms with Crippen LogP contribution in [-0.2, 0) is 9.47 Å². The van der Waals surface area contributed by atoms with Crippen LogP contribution in [0.3, 0.4) is 0 Å². The monoisotopic (exact) mass is 658 g/mol. The van der Waals surface area contributed by atoms with Gasteiger partial charge < -0.3 is 29.6 Å². The molecule has 4 saturated carbocycles. The molecule has 2 aromatic carbocycles. The van der Waals surface area contributed by atoms with Crippen molar-refractivity contribution in [1.82, 2.24) is 0 Å². The average molecular weight is 659 g/mol. The van der Waals surface area contributed by atoms with Crippen molar-refractivity contribution in [3.8, 4) is 11.5 Å². The molecule has 0 saturated heterocycles. The van der Waals surface area contributed by atoms with Crippen LogP contribution >= 0.6 is 0 Å². The predicted octanol–water partition coefficient (Wildman–Crippen LogP) is 9.46. The van der Waals surface area contributed by atoms with Gasteiger partial charge in [-0.15, -0.1) is 0 Å². The molecular formula is C42H62N2O4. The van der Waals surface area contributed by atoms with Crippen molar-refractivity contribution in [2.45, 2.75) is 97.5 Å². The highest BCUT2D eigenvalue weighted by Gasteiger charge is 2.60. The Morgan fingerprint density at radius 1 is 0.646 bits per heavy atom. The Labute approximate surface area is 290 Å². The fourth-order valence-electron chi connectivity index (χ4n) is 11.5. The molecule has 8 aliphatic rings. The van der Waals surface area contributed by atoms with Gasteiger partial charge >= 0.3 is 0 Å². The van der Waals surface area contributed by atoms with E-state index in [1.165, 1.54) is 64.2 Å². The van der Waals surface area contributed by atoms with E-state index in [9.17, 15) is 0 Å². The summed E-state index contributed by atoms with van der Waals surface area (Å²) < 4.78 is 24.6. The van der Waals surface area contributed by atoms with E-state index in [0.717, 1.165) is 84.5 Å². The second-order valence-corrected chi connectivity index (χ2v) is 16.5. The van der Waals surface area contributed by atoms with E-state index >= 15 is 0 Å². The van der Waals surface area contributed by atoms with Crippen molar-refractivity contribution in [2.24, 2.45) is 46.3 Å². The Morgan fingerprint density at radius 3 is 2.08 bits per heavy atom. The Bertz CT molecular complexity index is 1340. The van der Waals surface area contributed by atoms with Crippen molar-refractivity contribution in [2.75, 3.05) is 56.8 Å². The van der Waals surface area contributed by atoms with Gasteiger partial charge in [0.15, 0.2) is 0 Å². The molecule has 10 rings (SSSR count). The summed E-state index contributed by atoms with van der Waals surface area (Å²) in [5.74, 6) is 7.10. The number of benzene rings is 2. The Kier molecular flexibility index (Phi) is 10.8. The highest BCUT2D eigenvalue weighted by Crippen LogP contribution is 2.68. The van der Waals surface area contributed by atoms with Crippen LogP contribution < -0.4 is 20.1 Å². The number of hydrogen-bond acceptors (Lipinski definition) is 6. The largest absolute Gasteiger partial charge is 0.494 e. The van der Waals surface area contributed by atoms with Crippen LogP contribution in [0.15, 0.2) is 48.5 Å². The van der Waals surface area contributed by atoms with Gasteiger partial charge in [0.25, 0.3) is 0 Å². The molecule has 0 radical (unpaired) electrons. The quantitative estimate of drug-likeness (QED) is 0.294. The molecule has 264 valence electrons. The number of nitrogens with one attached hydrogen (secondary N) is 2. The first-order valence-corrected chi connectivity index (χ1v) is 19.6.